The van der Waals surface area contributed by atoms with Gasteiger partial charge in [0.1, 0.15) is 11.0 Å². The lowest BCUT2D eigenvalue weighted by Crippen LogP contribution is -2.15. The number of nitrogens with zero attached hydrogens (tertiary/aromatic N) is 2. The molecule has 0 amide bonds. The van der Waals surface area contributed by atoms with Crippen LogP contribution < -0.4 is 0 Å². The van der Waals surface area contributed by atoms with Crippen molar-refractivity contribution < 1.29 is 4.74 Å². The summed E-state index contributed by atoms with van der Waals surface area (Å²) in [7, 11) is 0. The number of hydrogen-bond acceptors (Lipinski definition) is 3. The van der Waals surface area contributed by atoms with Crippen LogP contribution in [-0.4, -0.2) is 16.6 Å². The highest BCUT2D eigenvalue weighted by Crippen LogP contribution is 2.25. The number of rotatable bonds is 2. The Bertz CT molecular complexity index is 368. The normalized spacial score (nSPS) is 17.3. The maximum absolute atomic E-state index is 6.12. The summed E-state index contributed by atoms with van der Waals surface area (Å²) in [5.74, 6) is 1.23. The van der Waals surface area contributed by atoms with E-state index < -0.39 is 0 Å². The largest absolute Gasteiger partial charge is 0.376 e. The lowest BCUT2D eigenvalue weighted by atomic mass is 10.1. The Balaban J connectivity index is 2.40. The molecule has 4 heteroatoms. The van der Waals surface area contributed by atoms with Crippen LogP contribution in [-0.2, 0) is 17.8 Å². The Morgan fingerprint density at radius 1 is 1.47 bits per heavy atom. The summed E-state index contributed by atoms with van der Waals surface area (Å²) >= 11 is 6.12. The van der Waals surface area contributed by atoms with Crippen molar-refractivity contribution in [2.75, 3.05) is 6.61 Å². The summed E-state index contributed by atoms with van der Waals surface area (Å²) in [6.45, 7) is 5.54. The molecule has 1 aromatic heterocycles. The van der Waals surface area contributed by atoms with Crippen molar-refractivity contribution in [3.63, 3.8) is 0 Å². The molecule has 1 aliphatic rings. The first kappa shape index (κ1) is 10.8. The first-order valence-electron chi connectivity index (χ1n) is 5.35. The molecule has 2 rings (SSSR count). The van der Waals surface area contributed by atoms with Crippen LogP contribution in [0.25, 0.3) is 0 Å². The Morgan fingerprint density at radius 3 is 3.00 bits per heavy atom. The third-order valence-electron chi connectivity index (χ3n) is 2.84. The zero-order valence-corrected chi connectivity index (χ0v) is 9.84. The highest BCUT2D eigenvalue weighted by atomic mass is 35.5. The number of fused-ring (bicyclic) bond motifs is 1. The predicted molar refractivity (Wildman–Crippen MR) is 59.1 cm³/mol. The van der Waals surface area contributed by atoms with E-state index in [-0.39, 0.29) is 0 Å². The Kier molecular flexibility index (Phi) is 3.22. The Hall–Kier alpha value is -0.670. The summed E-state index contributed by atoms with van der Waals surface area (Å²) in [4.78, 5) is 8.90. The molecule has 0 saturated heterocycles. The van der Waals surface area contributed by atoms with Gasteiger partial charge in [-0.1, -0.05) is 25.4 Å². The number of hydrogen-bond donors (Lipinski definition) is 0. The quantitative estimate of drug-likeness (QED) is 0.728. The SMILES string of the molecule is CCC(C)c1nc(Cl)c2c(n1)CCOC2. The smallest absolute Gasteiger partial charge is 0.138 e. The van der Waals surface area contributed by atoms with Crippen molar-refractivity contribution in [3.05, 3.63) is 22.2 Å². The third kappa shape index (κ3) is 2.13. The van der Waals surface area contributed by atoms with Gasteiger partial charge in [0.15, 0.2) is 0 Å². The van der Waals surface area contributed by atoms with Gasteiger partial charge in [-0.3, -0.25) is 0 Å². The van der Waals surface area contributed by atoms with Crippen molar-refractivity contribution in [2.24, 2.45) is 0 Å². The van der Waals surface area contributed by atoms with Crippen LogP contribution in [0.3, 0.4) is 0 Å². The fourth-order valence-electron chi connectivity index (χ4n) is 1.61. The fraction of sp³-hybridized carbons (Fsp3) is 0.636. The standard InChI is InChI=1S/C11H15ClN2O/c1-3-7(2)11-13-9-4-5-15-6-8(9)10(12)14-11/h7H,3-6H2,1-2H3. The van der Waals surface area contributed by atoms with Crippen LogP contribution in [0.2, 0.25) is 5.15 Å². The average molecular weight is 227 g/mol. The second kappa shape index (κ2) is 4.45. The van der Waals surface area contributed by atoms with E-state index in [2.05, 4.69) is 23.8 Å². The molecule has 0 saturated carbocycles. The van der Waals surface area contributed by atoms with Gasteiger partial charge in [-0.2, -0.15) is 0 Å². The van der Waals surface area contributed by atoms with E-state index in [1.54, 1.807) is 0 Å². The van der Waals surface area contributed by atoms with Gasteiger partial charge in [0.05, 0.1) is 18.9 Å². The van der Waals surface area contributed by atoms with Crippen LogP contribution in [0.5, 0.6) is 0 Å². The molecule has 3 nitrogen and oxygen atoms in total. The van der Waals surface area contributed by atoms with E-state index in [9.17, 15) is 0 Å². The highest BCUT2D eigenvalue weighted by Gasteiger charge is 2.18. The van der Waals surface area contributed by atoms with Gasteiger partial charge in [-0.05, 0) is 6.42 Å². The Morgan fingerprint density at radius 2 is 2.27 bits per heavy atom. The summed E-state index contributed by atoms with van der Waals surface area (Å²) in [5, 5.41) is 0.565. The molecule has 0 radical (unpaired) electrons. The van der Waals surface area contributed by atoms with E-state index in [1.807, 2.05) is 0 Å². The third-order valence-corrected chi connectivity index (χ3v) is 3.15. The zero-order chi connectivity index (χ0) is 10.8. The number of ether oxygens (including phenoxy) is 1. The van der Waals surface area contributed by atoms with Gasteiger partial charge in [0.2, 0.25) is 0 Å². The number of halogens is 1. The molecular weight excluding hydrogens is 212 g/mol. The molecule has 1 aliphatic heterocycles. The second-order valence-corrected chi connectivity index (χ2v) is 4.27. The maximum Gasteiger partial charge on any atom is 0.138 e. The summed E-state index contributed by atoms with van der Waals surface area (Å²) in [6.07, 6.45) is 1.88. The molecule has 15 heavy (non-hydrogen) atoms. The first-order valence-corrected chi connectivity index (χ1v) is 5.73. The van der Waals surface area contributed by atoms with Crippen LogP contribution >= 0.6 is 11.6 Å². The molecular formula is C11H15ClN2O. The molecule has 0 spiro atoms. The minimum Gasteiger partial charge on any atom is -0.376 e. The molecule has 0 N–H and O–H groups in total. The van der Waals surface area contributed by atoms with Crippen molar-refractivity contribution in [2.45, 2.75) is 39.2 Å². The molecule has 1 atom stereocenters. The van der Waals surface area contributed by atoms with Crippen LogP contribution in [0.4, 0.5) is 0 Å². The van der Waals surface area contributed by atoms with Crippen molar-refractivity contribution >= 4 is 11.6 Å². The van der Waals surface area contributed by atoms with Gasteiger partial charge in [0, 0.05) is 17.9 Å². The van der Waals surface area contributed by atoms with E-state index in [0.29, 0.717) is 17.7 Å². The topological polar surface area (TPSA) is 35.0 Å². The fourth-order valence-corrected chi connectivity index (χ4v) is 1.86. The van der Waals surface area contributed by atoms with Gasteiger partial charge >= 0.3 is 0 Å². The molecule has 1 aromatic rings. The molecule has 0 aromatic carbocycles. The van der Waals surface area contributed by atoms with Gasteiger partial charge in [0.25, 0.3) is 0 Å². The minimum absolute atomic E-state index is 0.371. The second-order valence-electron chi connectivity index (χ2n) is 3.91. The van der Waals surface area contributed by atoms with Crippen molar-refractivity contribution in [1.82, 2.24) is 9.97 Å². The van der Waals surface area contributed by atoms with Gasteiger partial charge < -0.3 is 4.74 Å². The summed E-state index contributed by atoms with van der Waals surface area (Å²) in [6, 6.07) is 0. The summed E-state index contributed by atoms with van der Waals surface area (Å²) < 4.78 is 5.34. The zero-order valence-electron chi connectivity index (χ0n) is 9.09. The van der Waals surface area contributed by atoms with Crippen LogP contribution in [0.1, 0.15) is 43.3 Å². The highest BCUT2D eigenvalue weighted by molar-refractivity contribution is 6.30. The van der Waals surface area contributed by atoms with E-state index >= 15 is 0 Å². The van der Waals surface area contributed by atoms with Crippen LogP contribution in [0.15, 0.2) is 0 Å². The van der Waals surface area contributed by atoms with E-state index in [1.165, 1.54) is 0 Å². The lowest BCUT2D eigenvalue weighted by molar-refractivity contribution is 0.108. The average Bonchev–Trinajstić information content (AvgIpc) is 2.28. The molecule has 2 heterocycles. The lowest BCUT2D eigenvalue weighted by Gasteiger charge is -2.18. The first-order chi connectivity index (χ1) is 7.22. The molecule has 1 unspecified atom stereocenters. The molecule has 0 aliphatic carbocycles. The van der Waals surface area contributed by atoms with Gasteiger partial charge in [-0.25, -0.2) is 9.97 Å². The van der Waals surface area contributed by atoms with Gasteiger partial charge in [-0.15, -0.1) is 0 Å². The van der Waals surface area contributed by atoms with E-state index in [4.69, 9.17) is 16.3 Å². The minimum atomic E-state index is 0.371. The molecule has 82 valence electrons. The predicted octanol–water partition coefficient (Wildman–Crippen LogP) is 2.72. The maximum atomic E-state index is 6.12. The van der Waals surface area contributed by atoms with Crippen LogP contribution in [0, 0.1) is 0 Å². The van der Waals surface area contributed by atoms with Crippen molar-refractivity contribution in [3.8, 4) is 0 Å². The summed E-state index contributed by atoms with van der Waals surface area (Å²) in [5.41, 5.74) is 2.03. The molecule has 0 bridgehead atoms. The number of aromatic nitrogens is 2. The monoisotopic (exact) mass is 226 g/mol. The van der Waals surface area contributed by atoms with Crippen molar-refractivity contribution in [1.29, 1.82) is 0 Å². The molecule has 0 fully saturated rings. The Labute approximate surface area is 94.8 Å². The van der Waals surface area contributed by atoms with E-state index in [0.717, 1.165) is 36.5 Å².